The fourth-order valence-electron chi connectivity index (χ4n) is 3.35. The highest BCUT2D eigenvalue weighted by Crippen LogP contribution is 2.32. The van der Waals surface area contributed by atoms with Crippen LogP contribution in [0.4, 0.5) is 0 Å². The van der Waals surface area contributed by atoms with Gasteiger partial charge < -0.3 is 14.8 Å². The summed E-state index contributed by atoms with van der Waals surface area (Å²) < 4.78 is 11.7. The third kappa shape index (κ3) is 4.76. The fourth-order valence-corrected chi connectivity index (χ4v) is 3.35. The van der Waals surface area contributed by atoms with Gasteiger partial charge in [0, 0.05) is 12.6 Å². The van der Waals surface area contributed by atoms with E-state index in [1.54, 1.807) is 7.11 Å². The number of aryl methyl sites for hydroxylation is 1. The first kappa shape index (κ1) is 17.8. The second-order valence-corrected chi connectivity index (χ2v) is 7.02. The number of benzene rings is 2. The largest absolute Gasteiger partial charge is 0.493 e. The van der Waals surface area contributed by atoms with Crippen molar-refractivity contribution in [3.05, 3.63) is 59.2 Å². The lowest BCUT2D eigenvalue weighted by molar-refractivity contribution is 0.200. The molecule has 0 heterocycles. The molecule has 0 amide bonds. The zero-order valence-electron chi connectivity index (χ0n) is 15.5. The molecule has 1 N–H and O–H groups in total. The van der Waals surface area contributed by atoms with E-state index in [1.807, 2.05) is 6.07 Å². The first-order chi connectivity index (χ1) is 12.2. The molecular formula is C22H29NO2. The Bertz CT molecular complexity index is 675. The van der Waals surface area contributed by atoms with Gasteiger partial charge in [-0.1, -0.05) is 35.9 Å². The van der Waals surface area contributed by atoms with Crippen molar-refractivity contribution in [1.29, 1.82) is 0 Å². The fraction of sp³-hybridized carbons (Fsp3) is 0.455. The number of hydrogen-bond donors (Lipinski definition) is 1. The first-order valence-corrected chi connectivity index (χ1v) is 9.29. The van der Waals surface area contributed by atoms with Gasteiger partial charge in [-0.2, -0.15) is 0 Å². The summed E-state index contributed by atoms with van der Waals surface area (Å²) in [5, 5.41) is 3.60. The van der Waals surface area contributed by atoms with Gasteiger partial charge in [-0.25, -0.2) is 0 Å². The second kappa shape index (κ2) is 8.39. The predicted molar refractivity (Wildman–Crippen MR) is 102 cm³/mol. The van der Waals surface area contributed by atoms with Crippen LogP contribution < -0.4 is 14.8 Å². The Morgan fingerprint density at radius 3 is 2.44 bits per heavy atom. The van der Waals surface area contributed by atoms with E-state index in [0.717, 1.165) is 30.9 Å². The lowest BCUT2D eigenvalue weighted by Crippen LogP contribution is -2.18. The van der Waals surface area contributed by atoms with Crippen molar-refractivity contribution < 1.29 is 9.47 Å². The number of hydrogen-bond acceptors (Lipinski definition) is 3. The topological polar surface area (TPSA) is 30.5 Å². The van der Waals surface area contributed by atoms with Gasteiger partial charge in [0.15, 0.2) is 11.5 Å². The Labute approximate surface area is 151 Å². The van der Waals surface area contributed by atoms with Gasteiger partial charge in [0.25, 0.3) is 0 Å². The lowest BCUT2D eigenvalue weighted by Gasteiger charge is -2.18. The van der Waals surface area contributed by atoms with Crippen molar-refractivity contribution in [3.8, 4) is 11.5 Å². The van der Waals surface area contributed by atoms with Gasteiger partial charge in [0.1, 0.15) is 0 Å². The van der Waals surface area contributed by atoms with E-state index in [4.69, 9.17) is 9.47 Å². The molecule has 0 saturated heterocycles. The molecule has 1 fully saturated rings. The molecule has 25 heavy (non-hydrogen) atoms. The summed E-state index contributed by atoms with van der Waals surface area (Å²) in [6.45, 7) is 5.12. The molecular weight excluding hydrogens is 310 g/mol. The van der Waals surface area contributed by atoms with Crippen LogP contribution in [0, 0.1) is 6.92 Å². The zero-order valence-corrected chi connectivity index (χ0v) is 15.5. The highest BCUT2D eigenvalue weighted by molar-refractivity contribution is 5.43. The maximum Gasteiger partial charge on any atom is 0.161 e. The maximum atomic E-state index is 6.19. The third-order valence-electron chi connectivity index (χ3n) is 5.01. The molecule has 0 bridgehead atoms. The summed E-state index contributed by atoms with van der Waals surface area (Å²) in [4.78, 5) is 0. The van der Waals surface area contributed by atoms with E-state index in [9.17, 15) is 0 Å². The van der Waals surface area contributed by atoms with Gasteiger partial charge >= 0.3 is 0 Å². The average Bonchev–Trinajstić information content (AvgIpc) is 3.13. The highest BCUT2D eigenvalue weighted by atomic mass is 16.5. The summed E-state index contributed by atoms with van der Waals surface area (Å²) in [6.07, 6.45) is 5.17. The molecule has 1 unspecified atom stereocenters. The van der Waals surface area contributed by atoms with Crippen LogP contribution in [0.1, 0.15) is 55.3 Å². The Morgan fingerprint density at radius 1 is 1.04 bits per heavy atom. The molecule has 0 aliphatic heterocycles. The van der Waals surface area contributed by atoms with Crippen molar-refractivity contribution in [2.45, 2.75) is 58.2 Å². The van der Waals surface area contributed by atoms with Gasteiger partial charge in [0.2, 0.25) is 0 Å². The van der Waals surface area contributed by atoms with Gasteiger partial charge in [-0.3, -0.25) is 0 Å². The Morgan fingerprint density at radius 2 is 1.76 bits per heavy atom. The Kier molecular flexibility index (Phi) is 5.98. The SMILES string of the molecule is COc1ccc(CNC(C)c2ccc(C)cc2)cc1OC1CCCC1. The summed E-state index contributed by atoms with van der Waals surface area (Å²) in [5.74, 6) is 1.69. The van der Waals surface area contributed by atoms with E-state index < -0.39 is 0 Å². The molecule has 1 aliphatic rings. The number of ether oxygens (including phenoxy) is 2. The molecule has 2 aromatic rings. The normalized spacial score (nSPS) is 16.0. The molecule has 0 aromatic heterocycles. The van der Waals surface area contributed by atoms with Crippen LogP contribution in [0.2, 0.25) is 0 Å². The number of methoxy groups -OCH3 is 1. The van der Waals surface area contributed by atoms with Crippen molar-refractivity contribution in [1.82, 2.24) is 5.32 Å². The molecule has 3 heteroatoms. The van der Waals surface area contributed by atoms with Crippen molar-refractivity contribution in [2.24, 2.45) is 0 Å². The second-order valence-electron chi connectivity index (χ2n) is 7.02. The van der Waals surface area contributed by atoms with Gasteiger partial charge in [0.05, 0.1) is 13.2 Å². The molecule has 0 spiro atoms. The van der Waals surface area contributed by atoms with Crippen LogP contribution in [0.25, 0.3) is 0 Å². The zero-order chi connectivity index (χ0) is 17.6. The summed E-state index contributed by atoms with van der Waals surface area (Å²) in [6, 6.07) is 15.2. The molecule has 3 nitrogen and oxygen atoms in total. The quantitative estimate of drug-likeness (QED) is 0.754. The van der Waals surface area contributed by atoms with Crippen LogP contribution in [0.15, 0.2) is 42.5 Å². The summed E-state index contributed by atoms with van der Waals surface area (Å²) in [5.41, 5.74) is 3.81. The minimum atomic E-state index is 0.307. The number of nitrogens with one attached hydrogen (secondary N) is 1. The van der Waals surface area contributed by atoms with E-state index in [-0.39, 0.29) is 0 Å². The minimum Gasteiger partial charge on any atom is -0.493 e. The lowest BCUT2D eigenvalue weighted by atomic mass is 10.1. The molecule has 1 aliphatic carbocycles. The monoisotopic (exact) mass is 339 g/mol. The van der Waals surface area contributed by atoms with Crippen molar-refractivity contribution in [3.63, 3.8) is 0 Å². The molecule has 3 rings (SSSR count). The molecule has 0 radical (unpaired) electrons. The molecule has 2 aromatic carbocycles. The Balaban J connectivity index is 1.64. The van der Waals surface area contributed by atoms with Crippen LogP contribution >= 0.6 is 0 Å². The van der Waals surface area contributed by atoms with Gasteiger partial charge in [-0.05, 0) is 62.8 Å². The maximum absolute atomic E-state index is 6.19. The number of rotatable bonds is 7. The van der Waals surface area contributed by atoms with Crippen molar-refractivity contribution in [2.75, 3.05) is 7.11 Å². The average molecular weight is 339 g/mol. The van der Waals surface area contributed by atoms with Crippen LogP contribution in [-0.2, 0) is 6.54 Å². The van der Waals surface area contributed by atoms with Gasteiger partial charge in [-0.15, -0.1) is 0 Å². The minimum absolute atomic E-state index is 0.307. The van der Waals surface area contributed by atoms with E-state index >= 15 is 0 Å². The van der Waals surface area contributed by atoms with E-state index in [1.165, 1.54) is 29.5 Å². The Hall–Kier alpha value is -2.00. The van der Waals surface area contributed by atoms with Crippen LogP contribution in [-0.4, -0.2) is 13.2 Å². The van der Waals surface area contributed by atoms with E-state index in [0.29, 0.717) is 12.1 Å². The van der Waals surface area contributed by atoms with Crippen LogP contribution in [0.5, 0.6) is 11.5 Å². The molecule has 1 atom stereocenters. The summed E-state index contributed by atoms with van der Waals surface area (Å²) >= 11 is 0. The smallest absolute Gasteiger partial charge is 0.161 e. The predicted octanol–water partition coefficient (Wildman–Crippen LogP) is 5.18. The standard InChI is InChI=1S/C22H29NO2/c1-16-8-11-19(12-9-16)17(2)23-15-18-10-13-21(24-3)22(14-18)25-20-6-4-5-7-20/h8-14,17,20,23H,4-7,15H2,1-3H3. The third-order valence-corrected chi connectivity index (χ3v) is 5.01. The van der Waals surface area contributed by atoms with E-state index in [2.05, 4.69) is 55.6 Å². The molecule has 134 valence electrons. The summed E-state index contributed by atoms with van der Waals surface area (Å²) in [7, 11) is 1.70. The first-order valence-electron chi connectivity index (χ1n) is 9.29. The van der Waals surface area contributed by atoms with Crippen LogP contribution in [0.3, 0.4) is 0 Å². The van der Waals surface area contributed by atoms with Crippen molar-refractivity contribution >= 4 is 0 Å². The molecule has 1 saturated carbocycles. The highest BCUT2D eigenvalue weighted by Gasteiger charge is 2.18.